The third-order valence-corrected chi connectivity index (χ3v) is 3.67. The van der Waals surface area contributed by atoms with E-state index >= 15 is 0 Å². The Morgan fingerprint density at radius 1 is 1.18 bits per heavy atom. The smallest absolute Gasteiger partial charge is 0.222 e. The summed E-state index contributed by atoms with van der Waals surface area (Å²) < 4.78 is 11.9. The Balaban J connectivity index is 3.87. The monoisotopic (exact) mass is 278 g/mol. The van der Waals surface area contributed by atoms with Gasteiger partial charge in [0.2, 0.25) is 4.38 Å². The number of ether oxygens (including phenoxy) is 2. The second kappa shape index (κ2) is 11.3. The van der Waals surface area contributed by atoms with Gasteiger partial charge in [0.25, 0.3) is 0 Å². The van der Waals surface area contributed by atoms with Crippen molar-refractivity contribution in [3.8, 4) is 0 Å². The van der Waals surface area contributed by atoms with Crippen LogP contribution < -0.4 is 0 Å². The summed E-state index contributed by atoms with van der Waals surface area (Å²) in [7, 11) is 0. The molecule has 0 aromatic rings. The Bertz CT molecular complexity index is 192. The lowest BCUT2D eigenvalue weighted by atomic mass is 10.2. The summed E-state index contributed by atoms with van der Waals surface area (Å²) in [5, 5.41) is 0. The molecule has 0 bridgehead atoms. The molecule has 0 amide bonds. The molecule has 2 unspecified atom stereocenters. The van der Waals surface area contributed by atoms with Crippen LogP contribution in [-0.4, -0.2) is 22.5 Å². The molecule has 0 spiro atoms. The highest BCUT2D eigenvalue weighted by Crippen LogP contribution is 2.22. The summed E-state index contributed by atoms with van der Waals surface area (Å²) in [5.41, 5.74) is 0.149. The second-order valence-electron chi connectivity index (χ2n) is 4.11. The van der Waals surface area contributed by atoms with Crippen LogP contribution >= 0.6 is 24.0 Å². The minimum Gasteiger partial charge on any atom is -0.476 e. The van der Waals surface area contributed by atoms with Gasteiger partial charge < -0.3 is 9.47 Å². The fourth-order valence-corrected chi connectivity index (χ4v) is 2.93. The fourth-order valence-electron chi connectivity index (χ4n) is 1.45. The number of hydrogen-bond acceptors (Lipinski definition) is 4. The van der Waals surface area contributed by atoms with E-state index in [1.807, 2.05) is 6.92 Å². The molecule has 0 aliphatic carbocycles. The summed E-state index contributed by atoms with van der Waals surface area (Å²) in [4.78, 5) is 0. The molecule has 0 saturated heterocycles. The largest absolute Gasteiger partial charge is 0.476 e. The normalized spacial score (nSPS) is 14.4. The number of rotatable bonds is 9. The van der Waals surface area contributed by atoms with E-state index in [-0.39, 0.29) is 11.5 Å². The molecule has 0 fully saturated rings. The molecule has 2 nitrogen and oxygen atoms in total. The van der Waals surface area contributed by atoms with Crippen molar-refractivity contribution >= 4 is 28.4 Å². The Kier molecular flexibility index (Phi) is 11.4. The number of thioether (sulfide) groups is 1. The molecule has 0 heterocycles. The van der Waals surface area contributed by atoms with Crippen molar-refractivity contribution in [2.75, 3.05) is 6.61 Å². The molecule has 0 saturated carbocycles. The molecule has 102 valence electrons. The SMILES string of the molecule is CCCCC(C)OC(=S)SC(CCC)OCC. The Morgan fingerprint density at radius 2 is 1.88 bits per heavy atom. The topological polar surface area (TPSA) is 18.5 Å². The molecule has 0 aromatic heterocycles. The van der Waals surface area contributed by atoms with E-state index in [4.69, 9.17) is 21.7 Å². The van der Waals surface area contributed by atoms with Crippen LogP contribution in [0, 0.1) is 0 Å². The van der Waals surface area contributed by atoms with Crippen LogP contribution in [0.25, 0.3) is 0 Å². The maximum atomic E-state index is 5.69. The third kappa shape index (κ3) is 9.86. The molecule has 0 N–H and O–H groups in total. The van der Waals surface area contributed by atoms with Gasteiger partial charge in [-0.3, -0.25) is 0 Å². The lowest BCUT2D eigenvalue weighted by Gasteiger charge is -2.19. The molecule has 0 radical (unpaired) electrons. The predicted octanol–water partition coefficient (Wildman–Crippen LogP) is 4.76. The average Bonchev–Trinajstić information content (AvgIpc) is 2.26. The second-order valence-corrected chi connectivity index (χ2v) is 5.87. The van der Waals surface area contributed by atoms with Gasteiger partial charge in [0.05, 0.1) is 6.10 Å². The molecule has 17 heavy (non-hydrogen) atoms. The van der Waals surface area contributed by atoms with Gasteiger partial charge in [0, 0.05) is 6.61 Å². The van der Waals surface area contributed by atoms with Crippen LogP contribution in [0.1, 0.15) is 59.8 Å². The molecule has 0 aliphatic heterocycles. The van der Waals surface area contributed by atoms with E-state index in [0.717, 1.165) is 25.9 Å². The van der Waals surface area contributed by atoms with E-state index in [2.05, 4.69) is 20.8 Å². The van der Waals surface area contributed by atoms with Crippen molar-refractivity contribution < 1.29 is 9.47 Å². The summed E-state index contributed by atoms with van der Waals surface area (Å²) in [5.74, 6) is 0. The number of hydrogen-bond donors (Lipinski definition) is 0. The minimum atomic E-state index is 0.149. The Hall–Kier alpha value is 0.200. The summed E-state index contributed by atoms with van der Waals surface area (Å²) >= 11 is 6.79. The van der Waals surface area contributed by atoms with Crippen molar-refractivity contribution in [3.63, 3.8) is 0 Å². The highest BCUT2D eigenvalue weighted by atomic mass is 32.2. The molecular weight excluding hydrogens is 252 g/mol. The van der Waals surface area contributed by atoms with E-state index < -0.39 is 0 Å². The van der Waals surface area contributed by atoms with Gasteiger partial charge >= 0.3 is 0 Å². The Labute approximate surface area is 116 Å². The average molecular weight is 278 g/mol. The lowest BCUT2D eigenvalue weighted by molar-refractivity contribution is 0.118. The van der Waals surface area contributed by atoms with E-state index in [1.165, 1.54) is 12.8 Å². The van der Waals surface area contributed by atoms with Crippen LogP contribution in [-0.2, 0) is 9.47 Å². The quantitative estimate of drug-likeness (QED) is 0.447. The third-order valence-electron chi connectivity index (χ3n) is 2.37. The first-order chi connectivity index (χ1) is 8.13. The van der Waals surface area contributed by atoms with Crippen LogP contribution in [0.2, 0.25) is 0 Å². The number of thiocarbonyl (C=S) groups is 1. The maximum absolute atomic E-state index is 5.69. The van der Waals surface area contributed by atoms with Crippen molar-refractivity contribution in [3.05, 3.63) is 0 Å². The summed E-state index contributed by atoms with van der Waals surface area (Å²) in [6.45, 7) is 9.16. The van der Waals surface area contributed by atoms with Crippen molar-refractivity contribution in [2.45, 2.75) is 71.3 Å². The summed E-state index contributed by atoms with van der Waals surface area (Å²) in [6, 6.07) is 0. The van der Waals surface area contributed by atoms with Gasteiger partial charge in [-0.15, -0.1) is 0 Å². The standard InChI is InChI=1S/C13H26O2S2/c1-5-8-10-11(4)15-13(16)17-12(9-6-2)14-7-3/h11-12H,5-10H2,1-4H3. The van der Waals surface area contributed by atoms with Crippen LogP contribution in [0.4, 0.5) is 0 Å². The van der Waals surface area contributed by atoms with Gasteiger partial charge in [-0.1, -0.05) is 33.1 Å². The van der Waals surface area contributed by atoms with Gasteiger partial charge in [-0.05, 0) is 50.7 Å². The number of unbranched alkanes of at least 4 members (excludes halogenated alkanes) is 1. The molecule has 4 heteroatoms. The van der Waals surface area contributed by atoms with Gasteiger partial charge in [0.1, 0.15) is 5.44 Å². The molecule has 0 rings (SSSR count). The zero-order valence-corrected chi connectivity index (χ0v) is 13.2. The summed E-state index contributed by atoms with van der Waals surface area (Å²) in [6.07, 6.45) is 5.81. The first-order valence-corrected chi connectivity index (χ1v) is 7.91. The van der Waals surface area contributed by atoms with Gasteiger partial charge in [-0.2, -0.15) is 0 Å². The highest BCUT2D eigenvalue weighted by Gasteiger charge is 2.14. The molecule has 0 aliphatic rings. The maximum Gasteiger partial charge on any atom is 0.222 e. The molecule has 2 atom stereocenters. The fraction of sp³-hybridized carbons (Fsp3) is 0.923. The Morgan fingerprint density at radius 3 is 2.41 bits per heavy atom. The first-order valence-electron chi connectivity index (χ1n) is 6.62. The molecular formula is C13H26O2S2. The highest BCUT2D eigenvalue weighted by molar-refractivity contribution is 8.22. The first kappa shape index (κ1) is 17.2. The van der Waals surface area contributed by atoms with Crippen LogP contribution in [0.3, 0.4) is 0 Å². The van der Waals surface area contributed by atoms with Crippen molar-refractivity contribution in [1.29, 1.82) is 0 Å². The molecule has 0 aromatic carbocycles. The minimum absolute atomic E-state index is 0.149. The van der Waals surface area contributed by atoms with Crippen LogP contribution in [0.15, 0.2) is 0 Å². The van der Waals surface area contributed by atoms with E-state index in [0.29, 0.717) is 4.38 Å². The van der Waals surface area contributed by atoms with Crippen molar-refractivity contribution in [1.82, 2.24) is 0 Å². The predicted molar refractivity (Wildman–Crippen MR) is 80.6 cm³/mol. The zero-order chi connectivity index (χ0) is 13.1. The van der Waals surface area contributed by atoms with Gasteiger partial charge in [-0.25, -0.2) is 0 Å². The lowest BCUT2D eigenvalue weighted by Crippen LogP contribution is -2.16. The van der Waals surface area contributed by atoms with Crippen LogP contribution in [0.5, 0.6) is 0 Å². The zero-order valence-electron chi connectivity index (χ0n) is 11.5. The van der Waals surface area contributed by atoms with Crippen molar-refractivity contribution in [2.24, 2.45) is 0 Å². The van der Waals surface area contributed by atoms with Gasteiger partial charge in [0.15, 0.2) is 0 Å². The van der Waals surface area contributed by atoms with E-state index in [1.54, 1.807) is 11.8 Å². The van der Waals surface area contributed by atoms with E-state index in [9.17, 15) is 0 Å².